The number of piperazine rings is 2. The Hall–Kier alpha value is -5.04. The predicted molar refractivity (Wildman–Crippen MR) is 312 cm³/mol. The molecule has 0 atom stereocenters. The molecule has 418 valence electrons. The molecule has 0 N–H and O–H groups in total. The number of halogens is 1. The number of rotatable bonds is 8. The lowest BCUT2D eigenvalue weighted by Gasteiger charge is -2.42. The van der Waals surface area contributed by atoms with Crippen molar-refractivity contribution in [3.8, 4) is 11.1 Å². The van der Waals surface area contributed by atoms with Crippen LogP contribution in [-0.4, -0.2) is 234 Å². The van der Waals surface area contributed by atoms with Gasteiger partial charge in [0.2, 0.25) is 0 Å². The molecule has 6 aromatic heterocycles. The molecule has 7 aliphatic rings. The van der Waals surface area contributed by atoms with E-state index in [4.69, 9.17) is 23.8 Å². The van der Waals surface area contributed by atoms with Gasteiger partial charge in [-0.2, -0.15) is 10.2 Å². The molecule has 20 nitrogen and oxygen atoms in total. The minimum atomic E-state index is -0.335. The first kappa shape index (κ1) is 54.9. The first-order chi connectivity index (χ1) is 37.8. The number of piperidine rings is 2. The molecule has 0 amide bonds. The van der Waals surface area contributed by atoms with E-state index in [0.717, 1.165) is 135 Å². The lowest BCUT2D eigenvalue weighted by molar-refractivity contribution is 0.00578. The Morgan fingerprint density at radius 1 is 0.513 bits per heavy atom. The van der Waals surface area contributed by atoms with Crippen molar-refractivity contribution in [3.05, 3.63) is 78.3 Å². The molecule has 22 heteroatoms. The zero-order valence-electron chi connectivity index (χ0n) is 46.8. The summed E-state index contributed by atoms with van der Waals surface area (Å²) in [5.74, 6) is 1.95. The predicted octanol–water partition coefficient (Wildman–Crippen LogP) is 4.77. The molecule has 13 rings (SSSR count). The highest BCUT2D eigenvalue weighted by molar-refractivity contribution is 9.10. The second-order valence-corrected chi connectivity index (χ2v) is 23.8. The number of fused-ring (bicyclic) bond motifs is 2. The topological polar surface area (TPSA) is 149 Å². The van der Waals surface area contributed by atoms with E-state index < -0.39 is 0 Å². The standard InChI is InChI=1S/C25H34N8O.C16H23BrN6.C15H23BN2O3/c1-29-8-10-31(11-9-29)21-3-6-30(7-4-21)22-17-27-25-23(18-28-33(25)19-22)20-2-5-26-24(16-20)32-12-14-34-15-13-32;1-20-6-8-22(9-7-20)13-2-4-21(5-3-13)14-10-18-16-15(17)11-19-23(16)12-14;1-14(2)15(3,4)21-16(20-14)12-5-6-17-13(11-12)18-7-9-19-10-8-18/h2,5,16-19,21H,3-4,6-15H2,1H3;10-13H,2-9H2,1H3;5-6,11H,7-10H2,1-4H3. The Balaban J connectivity index is 0.000000129. The van der Waals surface area contributed by atoms with Crippen LogP contribution in [0.2, 0.25) is 0 Å². The molecule has 6 aromatic rings. The number of likely N-dealkylation sites (N-methyl/N-ethyl adjacent to an activating group) is 2. The van der Waals surface area contributed by atoms with E-state index >= 15 is 0 Å². The van der Waals surface area contributed by atoms with Crippen molar-refractivity contribution in [2.24, 2.45) is 0 Å². The average Bonchev–Trinajstić information content (AvgIpc) is 4.15. The summed E-state index contributed by atoms with van der Waals surface area (Å²) in [5.41, 5.74) is 6.60. The Morgan fingerprint density at radius 2 is 0.974 bits per heavy atom. The van der Waals surface area contributed by atoms with Gasteiger partial charge in [-0.25, -0.2) is 29.0 Å². The van der Waals surface area contributed by atoms with Crippen molar-refractivity contribution in [2.45, 2.75) is 76.7 Å². The van der Waals surface area contributed by atoms with E-state index in [9.17, 15) is 0 Å². The summed E-state index contributed by atoms with van der Waals surface area (Å²) >= 11 is 3.48. The van der Waals surface area contributed by atoms with Gasteiger partial charge in [0.1, 0.15) is 11.6 Å². The van der Waals surface area contributed by atoms with Crippen LogP contribution < -0.4 is 25.1 Å². The van der Waals surface area contributed by atoms with Gasteiger partial charge in [0, 0.05) is 135 Å². The van der Waals surface area contributed by atoms with E-state index in [-0.39, 0.29) is 18.3 Å². The van der Waals surface area contributed by atoms with E-state index in [2.05, 4.69) is 147 Å². The van der Waals surface area contributed by atoms with Crippen LogP contribution in [0.3, 0.4) is 0 Å². The summed E-state index contributed by atoms with van der Waals surface area (Å²) in [6.07, 6.45) is 20.5. The monoisotopic (exact) mass is 1130 g/mol. The average molecular weight is 1130 g/mol. The number of anilines is 4. The van der Waals surface area contributed by atoms with Gasteiger partial charge in [-0.15, -0.1) is 0 Å². The van der Waals surface area contributed by atoms with Gasteiger partial charge < -0.3 is 48.2 Å². The third-order valence-corrected chi connectivity index (χ3v) is 18.0. The van der Waals surface area contributed by atoms with Crippen molar-refractivity contribution < 1.29 is 18.8 Å². The number of hydrogen-bond donors (Lipinski definition) is 0. The van der Waals surface area contributed by atoms with Crippen LogP contribution >= 0.6 is 15.9 Å². The maximum absolute atomic E-state index is 6.10. The maximum Gasteiger partial charge on any atom is 0.495 e. The fraction of sp³-hybridized carbons (Fsp3) is 0.607. The summed E-state index contributed by atoms with van der Waals surface area (Å²) in [7, 11) is 4.11. The van der Waals surface area contributed by atoms with Gasteiger partial charge in [-0.05, 0) is 119 Å². The van der Waals surface area contributed by atoms with Crippen molar-refractivity contribution >= 4 is 62.8 Å². The molecule has 7 saturated heterocycles. The summed E-state index contributed by atoms with van der Waals surface area (Å²) in [4.78, 5) is 38.1. The molecule has 0 saturated carbocycles. The van der Waals surface area contributed by atoms with Crippen molar-refractivity contribution in [1.82, 2.24) is 58.8 Å². The Bertz CT molecular complexity index is 2890. The molecular weight excluding hydrogens is 1050 g/mol. The normalized spacial score (nSPS) is 22.4. The molecular formula is C56H80BBrN16O4. The van der Waals surface area contributed by atoms with Gasteiger partial charge in [0.05, 0.1) is 90.7 Å². The fourth-order valence-corrected chi connectivity index (χ4v) is 12.0. The summed E-state index contributed by atoms with van der Waals surface area (Å²) in [5, 5.41) is 8.99. The van der Waals surface area contributed by atoms with E-state index in [1.165, 1.54) is 83.7 Å². The van der Waals surface area contributed by atoms with E-state index in [1.54, 1.807) is 6.20 Å². The van der Waals surface area contributed by atoms with Crippen LogP contribution in [0, 0.1) is 0 Å². The van der Waals surface area contributed by atoms with Gasteiger partial charge in [-0.1, -0.05) is 0 Å². The minimum absolute atomic E-state index is 0.319. The molecule has 7 fully saturated rings. The summed E-state index contributed by atoms with van der Waals surface area (Å²) in [6.45, 7) is 28.7. The van der Waals surface area contributed by atoms with Crippen molar-refractivity contribution in [3.63, 3.8) is 0 Å². The molecule has 0 radical (unpaired) electrons. The number of hydrogen-bond acceptors (Lipinski definition) is 18. The second kappa shape index (κ2) is 24.4. The number of ether oxygens (including phenoxy) is 2. The van der Waals surface area contributed by atoms with Gasteiger partial charge in [0.15, 0.2) is 11.3 Å². The number of nitrogens with zero attached hydrogens (tertiary/aromatic N) is 16. The first-order valence-corrected chi connectivity index (χ1v) is 29.2. The smallest absolute Gasteiger partial charge is 0.399 e. The molecule has 0 unspecified atom stereocenters. The quantitative estimate of drug-likeness (QED) is 0.193. The first-order valence-electron chi connectivity index (χ1n) is 28.4. The molecule has 0 aromatic carbocycles. The Morgan fingerprint density at radius 3 is 1.50 bits per heavy atom. The zero-order valence-corrected chi connectivity index (χ0v) is 48.4. The molecule has 13 heterocycles. The second-order valence-electron chi connectivity index (χ2n) is 23.0. The maximum atomic E-state index is 6.10. The highest BCUT2D eigenvalue weighted by atomic mass is 79.9. The van der Waals surface area contributed by atoms with Gasteiger partial charge in [0.25, 0.3) is 0 Å². The van der Waals surface area contributed by atoms with E-state index in [0.29, 0.717) is 6.04 Å². The highest BCUT2D eigenvalue weighted by Crippen LogP contribution is 2.37. The summed E-state index contributed by atoms with van der Waals surface area (Å²) in [6, 6.07) is 9.67. The number of pyridine rings is 2. The van der Waals surface area contributed by atoms with Crippen LogP contribution in [-0.2, 0) is 18.8 Å². The van der Waals surface area contributed by atoms with Gasteiger partial charge in [-0.3, -0.25) is 9.80 Å². The molecule has 0 aliphatic carbocycles. The van der Waals surface area contributed by atoms with Crippen molar-refractivity contribution in [1.29, 1.82) is 0 Å². The molecule has 78 heavy (non-hydrogen) atoms. The molecule has 7 aliphatic heterocycles. The third-order valence-electron chi connectivity index (χ3n) is 17.4. The largest absolute Gasteiger partial charge is 0.495 e. The Kier molecular flexibility index (Phi) is 17.1. The summed E-state index contributed by atoms with van der Waals surface area (Å²) < 4.78 is 27.8. The SMILES string of the molecule is CC1(C)OB(c2ccnc(N3CCOCC3)c2)OC1(C)C.CN1CCN(C2CCN(c3cnc4c(-c5ccnc(N6CCOCC6)c5)cnn4c3)CC2)CC1.CN1CCN(C2CCN(c3cnc4c(Br)cnn4c3)CC2)CC1. The van der Waals surface area contributed by atoms with Crippen LogP contribution in [0.1, 0.15) is 53.4 Å². The Labute approximate surface area is 469 Å². The van der Waals surface area contributed by atoms with E-state index in [1.807, 2.05) is 52.1 Å². The minimum Gasteiger partial charge on any atom is -0.399 e. The number of aromatic nitrogens is 8. The lowest BCUT2D eigenvalue weighted by Crippen LogP contribution is -2.52. The lowest BCUT2D eigenvalue weighted by atomic mass is 9.79. The van der Waals surface area contributed by atoms with Crippen molar-refractivity contribution in [2.75, 3.05) is 165 Å². The zero-order chi connectivity index (χ0) is 53.8. The molecule has 0 spiro atoms. The van der Waals surface area contributed by atoms with Gasteiger partial charge >= 0.3 is 7.12 Å². The van der Waals surface area contributed by atoms with Crippen LogP contribution in [0.5, 0.6) is 0 Å². The van der Waals surface area contributed by atoms with Crippen LogP contribution in [0.15, 0.2) is 78.3 Å². The van der Waals surface area contributed by atoms with Crippen LogP contribution in [0.4, 0.5) is 23.0 Å². The third kappa shape index (κ3) is 12.6. The molecule has 0 bridgehead atoms. The number of morpholine rings is 2. The van der Waals surface area contributed by atoms with Crippen LogP contribution in [0.25, 0.3) is 22.4 Å². The fourth-order valence-electron chi connectivity index (χ4n) is 11.7. The highest BCUT2D eigenvalue weighted by Gasteiger charge is 2.52.